The lowest BCUT2D eigenvalue weighted by Crippen LogP contribution is -2.48. The first kappa shape index (κ1) is 18.3. The van der Waals surface area contributed by atoms with Gasteiger partial charge in [0.25, 0.3) is 0 Å². The number of nitrogens with zero attached hydrogens (tertiary/aromatic N) is 1. The number of para-hydroxylation sites is 1. The zero-order valence-electron chi connectivity index (χ0n) is 15.9. The summed E-state index contributed by atoms with van der Waals surface area (Å²) in [5.41, 5.74) is 1.43. The molecule has 2 aromatic rings. The topological polar surface area (TPSA) is 65.0 Å². The molecule has 0 radical (unpaired) electrons. The summed E-state index contributed by atoms with van der Waals surface area (Å²) < 4.78 is 5.32. The highest BCUT2D eigenvalue weighted by Gasteiger charge is 2.57. The molecule has 2 saturated heterocycles. The van der Waals surface area contributed by atoms with E-state index in [0.717, 1.165) is 30.8 Å². The van der Waals surface area contributed by atoms with E-state index >= 15 is 0 Å². The van der Waals surface area contributed by atoms with Crippen LogP contribution in [-0.4, -0.2) is 48.5 Å². The molecule has 2 aromatic carbocycles. The maximum Gasteiger partial charge on any atom is 0.162 e. The number of rotatable bonds is 5. The number of ether oxygens (including phenoxy) is 1. The van der Waals surface area contributed by atoms with Gasteiger partial charge in [-0.25, -0.2) is 0 Å². The summed E-state index contributed by atoms with van der Waals surface area (Å²) in [6.07, 6.45) is 0. The minimum Gasteiger partial charge on any atom is -0.504 e. The van der Waals surface area contributed by atoms with Crippen LogP contribution in [0.3, 0.4) is 0 Å². The van der Waals surface area contributed by atoms with E-state index in [4.69, 9.17) is 4.74 Å². The number of phenols is 1. The third kappa shape index (κ3) is 2.81. The van der Waals surface area contributed by atoms with Gasteiger partial charge in [-0.1, -0.05) is 49.4 Å². The highest BCUT2D eigenvalue weighted by Crippen LogP contribution is 2.53. The Labute approximate surface area is 160 Å². The number of hydrogen-bond acceptors (Lipinski definition) is 5. The van der Waals surface area contributed by atoms with Crippen LogP contribution < -0.4 is 10.1 Å². The van der Waals surface area contributed by atoms with Crippen molar-refractivity contribution in [1.82, 2.24) is 10.2 Å². The van der Waals surface area contributed by atoms with Gasteiger partial charge in [-0.3, -0.25) is 5.32 Å². The molecule has 2 aliphatic rings. The second kappa shape index (κ2) is 7.15. The Morgan fingerprint density at radius 1 is 1.15 bits per heavy atom. The molecular weight excluding hydrogens is 340 g/mol. The molecular formula is C22H28N2O3. The highest BCUT2D eigenvalue weighted by atomic mass is 16.5. The number of benzene rings is 2. The van der Waals surface area contributed by atoms with Gasteiger partial charge in [0, 0.05) is 30.6 Å². The summed E-state index contributed by atoms with van der Waals surface area (Å²) in [5.74, 6) is 1.24. The lowest BCUT2D eigenvalue weighted by atomic mass is 9.76. The third-order valence-corrected chi connectivity index (χ3v) is 6.49. The molecule has 3 N–H and O–H groups in total. The molecule has 4 atom stereocenters. The van der Waals surface area contributed by atoms with Crippen LogP contribution >= 0.6 is 0 Å². The van der Waals surface area contributed by atoms with Crippen LogP contribution in [0, 0.1) is 11.8 Å². The SMILES string of the molecule is CCN1C[C@H]2[C@@H](c3cccc(OC)c3O)N[C@](CO)(c3ccccc3)[C@H]2C1. The first-order valence-corrected chi connectivity index (χ1v) is 9.67. The van der Waals surface area contributed by atoms with Crippen LogP contribution in [0.15, 0.2) is 48.5 Å². The van der Waals surface area contributed by atoms with E-state index in [-0.39, 0.29) is 24.3 Å². The monoisotopic (exact) mass is 368 g/mol. The number of fused-ring (bicyclic) bond motifs is 1. The number of likely N-dealkylation sites (tertiary alicyclic amines) is 1. The number of phenolic OH excluding ortho intramolecular Hbond substituents is 1. The fourth-order valence-corrected chi connectivity index (χ4v) is 5.07. The van der Waals surface area contributed by atoms with Crippen molar-refractivity contribution in [3.63, 3.8) is 0 Å². The van der Waals surface area contributed by atoms with Crippen LogP contribution in [0.2, 0.25) is 0 Å². The Bertz CT molecular complexity index is 797. The number of aromatic hydroxyl groups is 1. The van der Waals surface area contributed by atoms with Crippen LogP contribution in [0.25, 0.3) is 0 Å². The second-order valence-electron chi connectivity index (χ2n) is 7.64. The van der Waals surface area contributed by atoms with E-state index in [0.29, 0.717) is 11.7 Å². The molecule has 0 aromatic heterocycles. The van der Waals surface area contributed by atoms with Crippen molar-refractivity contribution in [1.29, 1.82) is 0 Å². The van der Waals surface area contributed by atoms with Crippen molar-refractivity contribution in [2.45, 2.75) is 18.5 Å². The summed E-state index contributed by atoms with van der Waals surface area (Å²) in [5, 5.41) is 25.0. The molecule has 0 saturated carbocycles. The molecule has 0 unspecified atom stereocenters. The fourth-order valence-electron chi connectivity index (χ4n) is 5.07. The lowest BCUT2D eigenvalue weighted by Gasteiger charge is -2.35. The fraction of sp³-hybridized carbons (Fsp3) is 0.455. The predicted octanol–water partition coefficient (Wildman–Crippen LogP) is 2.50. The van der Waals surface area contributed by atoms with E-state index in [1.165, 1.54) is 0 Å². The van der Waals surface area contributed by atoms with Gasteiger partial charge in [-0.05, 0) is 24.1 Å². The molecule has 144 valence electrons. The van der Waals surface area contributed by atoms with E-state index in [2.05, 4.69) is 29.3 Å². The molecule has 4 rings (SSSR count). The number of hydrogen-bond donors (Lipinski definition) is 3. The maximum atomic E-state index is 10.8. The van der Waals surface area contributed by atoms with Gasteiger partial charge in [-0.15, -0.1) is 0 Å². The van der Waals surface area contributed by atoms with Gasteiger partial charge in [0.15, 0.2) is 11.5 Å². The van der Waals surface area contributed by atoms with Crippen molar-refractivity contribution < 1.29 is 14.9 Å². The molecule has 27 heavy (non-hydrogen) atoms. The average molecular weight is 368 g/mol. The molecule has 0 aliphatic carbocycles. The quantitative estimate of drug-likeness (QED) is 0.757. The largest absolute Gasteiger partial charge is 0.504 e. The third-order valence-electron chi connectivity index (χ3n) is 6.49. The van der Waals surface area contributed by atoms with Crippen LogP contribution in [0.5, 0.6) is 11.5 Å². The average Bonchev–Trinajstić information content (AvgIpc) is 3.27. The van der Waals surface area contributed by atoms with Gasteiger partial charge in [0.05, 0.1) is 19.3 Å². The maximum absolute atomic E-state index is 10.8. The zero-order valence-corrected chi connectivity index (χ0v) is 15.9. The molecule has 5 heteroatoms. The van der Waals surface area contributed by atoms with Crippen molar-refractivity contribution >= 4 is 0 Å². The lowest BCUT2D eigenvalue weighted by molar-refractivity contribution is 0.127. The van der Waals surface area contributed by atoms with E-state index in [1.54, 1.807) is 13.2 Å². The highest BCUT2D eigenvalue weighted by molar-refractivity contribution is 5.48. The molecule has 2 fully saturated rings. The first-order chi connectivity index (χ1) is 13.1. The molecule has 2 heterocycles. The Morgan fingerprint density at radius 3 is 2.59 bits per heavy atom. The van der Waals surface area contributed by atoms with E-state index in [9.17, 15) is 10.2 Å². The van der Waals surface area contributed by atoms with Gasteiger partial charge in [0.2, 0.25) is 0 Å². The van der Waals surface area contributed by atoms with Gasteiger partial charge < -0.3 is 19.8 Å². The Kier molecular flexibility index (Phi) is 4.84. The zero-order chi connectivity index (χ0) is 19.0. The Hall–Kier alpha value is -2.08. The predicted molar refractivity (Wildman–Crippen MR) is 105 cm³/mol. The Balaban J connectivity index is 1.81. The van der Waals surface area contributed by atoms with Gasteiger partial charge in [-0.2, -0.15) is 0 Å². The molecule has 5 nitrogen and oxygen atoms in total. The van der Waals surface area contributed by atoms with Crippen LogP contribution in [0.4, 0.5) is 0 Å². The molecule has 2 aliphatic heterocycles. The molecule has 0 bridgehead atoms. The first-order valence-electron chi connectivity index (χ1n) is 9.67. The summed E-state index contributed by atoms with van der Waals surface area (Å²) >= 11 is 0. The molecule has 0 spiro atoms. The van der Waals surface area contributed by atoms with Crippen LogP contribution in [0.1, 0.15) is 24.1 Å². The number of aliphatic hydroxyl groups excluding tert-OH is 1. The van der Waals surface area contributed by atoms with Crippen molar-refractivity contribution in [3.05, 3.63) is 59.7 Å². The standard InChI is InChI=1S/C22H28N2O3/c1-3-24-12-17-18(13-24)22(14-25,15-8-5-4-6-9-15)23-20(17)16-10-7-11-19(27-2)21(16)26/h4-11,17-18,20,23,25-26H,3,12-14H2,1-2H3/t17-,18+,20-,22-/m1/s1. The van der Waals surface area contributed by atoms with Gasteiger partial charge in [0.1, 0.15) is 0 Å². The number of methoxy groups -OCH3 is 1. The summed E-state index contributed by atoms with van der Waals surface area (Å²) in [4.78, 5) is 2.44. The summed E-state index contributed by atoms with van der Waals surface area (Å²) in [6.45, 7) is 5.07. The second-order valence-corrected chi connectivity index (χ2v) is 7.64. The van der Waals surface area contributed by atoms with E-state index in [1.807, 2.05) is 30.3 Å². The van der Waals surface area contributed by atoms with Crippen molar-refractivity contribution in [3.8, 4) is 11.5 Å². The van der Waals surface area contributed by atoms with Crippen molar-refractivity contribution in [2.75, 3.05) is 33.4 Å². The van der Waals surface area contributed by atoms with Gasteiger partial charge >= 0.3 is 0 Å². The summed E-state index contributed by atoms with van der Waals surface area (Å²) in [7, 11) is 1.57. The minimum absolute atomic E-state index is 0.0248. The minimum atomic E-state index is -0.518. The van der Waals surface area contributed by atoms with Crippen LogP contribution in [-0.2, 0) is 5.54 Å². The number of aliphatic hydroxyl groups is 1. The summed E-state index contributed by atoms with van der Waals surface area (Å²) in [6, 6.07) is 15.8. The molecule has 0 amide bonds. The Morgan fingerprint density at radius 2 is 1.93 bits per heavy atom. The smallest absolute Gasteiger partial charge is 0.162 e. The van der Waals surface area contributed by atoms with Crippen molar-refractivity contribution in [2.24, 2.45) is 11.8 Å². The number of nitrogens with one attached hydrogen (secondary N) is 1. The normalized spacial score (nSPS) is 30.4. The van der Waals surface area contributed by atoms with E-state index < -0.39 is 5.54 Å².